The lowest BCUT2D eigenvalue weighted by Crippen LogP contribution is -2.29. The van der Waals surface area contributed by atoms with Crippen molar-refractivity contribution in [3.8, 4) is 0 Å². The molecule has 2 aromatic heterocycles. The molecule has 0 aliphatic heterocycles. The molecule has 0 saturated heterocycles. The van der Waals surface area contributed by atoms with Crippen molar-refractivity contribution >= 4 is 23.4 Å². The Morgan fingerprint density at radius 2 is 1.85 bits per heavy atom. The predicted molar refractivity (Wildman–Crippen MR) is 103 cm³/mol. The zero-order chi connectivity index (χ0) is 19.2. The molecule has 1 aromatic carbocycles. The molecule has 0 radical (unpaired) electrons. The van der Waals surface area contributed by atoms with Gasteiger partial charge in [0.15, 0.2) is 0 Å². The fourth-order valence-electron chi connectivity index (χ4n) is 2.46. The van der Waals surface area contributed by atoms with Gasteiger partial charge in [-0.2, -0.15) is 4.98 Å². The first-order valence-corrected chi connectivity index (χ1v) is 8.64. The standard InChI is InChI=1S/C19H22N6O2/c1-12-4-6-15(7-5-12)24-17-10-13(2)23-19(25-17)21-9-8-20-18(26)16-11-22-27-14(16)3/h4-7,10-11H,8-9H2,1-3H3,(H,20,26)(H2,21,23,24,25). The third-order valence-electron chi connectivity index (χ3n) is 3.87. The Bertz CT molecular complexity index is 920. The van der Waals surface area contributed by atoms with Gasteiger partial charge in [0.2, 0.25) is 5.95 Å². The SMILES string of the molecule is Cc1ccc(Nc2cc(C)nc(NCCNC(=O)c3cnoc3C)n2)cc1. The number of carbonyl (C=O) groups excluding carboxylic acids is 1. The Balaban J connectivity index is 1.54. The van der Waals surface area contributed by atoms with Crippen molar-refractivity contribution in [2.75, 3.05) is 23.7 Å². The summed E-state index contributed by atoms with van der Waals surface area (Å²) in [4.78, 5) is 20.8. The normalized spacial score (nSPS) is 10.5. The van der Waals surface area contributed by atoms with E-state index in [1.165, 1.54) is 11.8 Å². The van der Waals surface area contributed by atoms with Crippen LogP contribution in [0, 0.1) is 20.8 Å². The van der Waals surface area contributed by atoms with E-state index in [0.29, 0.717) is 36.2 Å². The quantitative estimate of drug-likeness (QED) is 0.552. The summed E-state index contributed by atoms with van der Waals surface area (Å²) in [6.45, 7) is 6.56. The molecule has 8 nitrogen and oxygen atoms in total. The first kappa shape index (κ1) is 18.4. The molecule has 0 bridgehead atoms. The molecule has 0 aliphatic rings. The van der Waals surface area contributed by atoms with Gasteiger partial charge in [0.25, 0.3) is 5.91 Å². The molecule has 0 spiro atoms. The van der Waals surface area contributed by atoms with Crippen LogP contribution in [0.1, 0.15) is 27.4 Å². The van der Waals surface area contributed by atoms with E-state index >= 15 is 0 Å². The van der Waals surface area contributed by atoms with Crippen molar-refractivity contribution in [1.29, 1.82) is 0 Å². The molecule has 140 valence electrons. The van der Waals surface area contributed by atoms with Gasteiger partial charge >= 0.3 is 0 Å². The van der Waals surface area contributed by atoms with Crippen LogP contribution in [-0.4, -0.2) is 34.1 Å². The average molecular weight is 366 g/mol. The highest BCUT2D eigenvalue weighted by Gasteiger charge is 2.11. The first-order chi connectivity index (χ1) is 13.0. The lowest BCUT2D eigenvalue weighted by Gasteiger charge is -2.10. The first-order valence-electron chi connectivity index (χ1n) is 8.64. The van der Waals surface area contributed by atoms with E-state index in [4.69, 9.17) is 4.52 Å². The minimum Gasteiger partial charge on any atom is -0.361 e. The summed E-state index contributed by atoms with van der Waals surface area (Å²) < 4.78 is 4.89. The summed E-state index contributed by atoms with van der Waals surface area (Å²) in [7, 11) is 0. The number of benzene rings is 1. The van der Waals surface area contributed by atoms with Gasteiger partial charge in [-0.3, -0.25) is 4.79 Å². The van der Waals surface area contributed by atoms with Gasteiger partial charge in [-0.15, -0.1) is 0 Å². The summed E-state index contributed by atoms with van der Waals surface area (Å²) in [5.74, 6) is 1.48. The second-order valence-corrected chi connectivity index (χ2v) is 6.19. The molecule has 1 amide bonds. The summed E-state index contributed by atoms with van der Waals surface area (Å²) >= 11 is 0. The molecular formula is C19H22N6O2. The van der Waals surface area contributed by atoms with Crippen molar-refractivity contribution < 1.29 is 9.32 Å². The number of hydrogen-bond donors (Lipinski definition) is 3. The number of carbonyl (C=O) groups is 1. The molecule has 0 saturated carbocycles. The van der Waals surface area contributed by atoms with Crippen LogP contribution in [-0.2, 0) is 0 Å². The summed E-state index contributed by atoms with van der Waals surface area (Å²) in [6.07, 6.45) is 1.41. The van der Waals surface area contributed by atoms with E-state index in [1.807, 2.05) is 44.2 Å². The molecule has 0 unspecified atom stereocenters. The number of aryl methyl sites for hydroxylation is 3. The van der Waals surface area contributed by atoms with Gasteiger partial charge in [-0.05, 0) is 32.9 Å². The molecule has 0 atom stereocenters. The number of nitrogens with one attached hydrogen (secondary N) is 3. The number of amides is 1. The van der Waals surface area contributed by atoms with Gasteiger partial charge in [0.1, 0.15) is 17.1 Å². The van der Waals surface area contributed by atoms with E-state index in [-0.39, 0.29) is 5.91 Å². The van der Waals surface area contributed by atoms with Crippen LogP contribution in [0.15, 0.2) is 41.1 Å². The Morgan fingerprint density at radius 1 is 1.07 bits per heavy atom. The number of aromatic nitrogens is 3. The second kappa shape index (κ2) is 8.31. The van der Waals surface area contributed by atoms with Crippen molar-refractivity contribution in [2.45, 2.75) is 20.8 Å². The minimum atomic E-state index is -0.220. The highest BCUT2D eigenvalue weighted by molar-refractivity contribution is 5.94. The Labute approximate surface area is 157 Å². The van der Waals surface area contributed by atoms with E-state index in [9.17, 15) is 4.79 Å². The van der Waals surface area contributed by atoms with E-state index in [2.05, 4.69) is 31.1 Å². The third kappa shape index (κ3) is 5.04. The lowest BCUT2D eigenvalue weighted by atomic mass is 10.2. The summed E-state index contributed by atoms with van der Waals surface area (Å²) in [6, 6.07) is 9.96. The van der Waals surface area contributed by atoms with E-state index in [1.54, 1.807) is 6.92 Å². The van der Waals surface area contributed by atoms with Crippen molar-refractivity contribution in [2.24, 2.45) is 0 Å². The molecule has 0 fully saturated rings. The fourth-order valence-corrected chi connectivity index (χ4v) is 2.46. The second-order valence-electron chi connectivity index (χ2n) is 6.19. The van der Waals surface area contributed by atoms with Crippen molar-refractivity contribution in [3.05, 3.63) is 59.1 Å². The molecular weight excluding hydrogens is 344 g/mol. The molecule has 3 N–H and O–H groups in total. The Kier molecular flexibility index (Phi) is 5.65. The highest BCUT2D eigenvalue weighted by atomic mass is 16.5. The smallest absolute Gasteiger partial charge is 0.256 e. The molecule has 2 heterocycles. The molecule has 3 aromatic rings. The van der Waals surface area contributed by atoms with Gasteiger partial charge in [0.05, 0.1) is 6.20 Å². The summed E-state index contributed by atoms with van der Waals surface area (Å²) in [5, 5.41) is 12.8. The predicted octanol–water partition coefficient (Wildman–Crippen LogP) is 2.98. The maximum absolute atomic E-state index is 12.0. The maximum atomic E-state index is 12.0. The van der Waals surface area contributed by atoms with Gasteiger partial charge < -0.3 is 20.5 Å². The molecule has 27 heavy (non-hydrogen) atoms. The van der Waals surface area contributed by atoms with Crippen LogP contribution in [0.5, 0.6) is 0 Å². The van der Waals surface area contributed by atoms with E-state index < -0.39 is 0 Å². The molecule has 8 heteroatoms. The van der Waals surface area contributed by atoms with Crippen LogP contribution in [0.25, 0.3) is 0 Å². The van der Waals surface area contributed by atoms with Crippen LogP contribution in [0.4, 0.5) is 17.5 Å². The number of rotatable bonds is 7. The highest BCUT2D eigenvalue weighted by Crippen LogP contribution is 2.17. The van der Waals surface area contributed by atoms with E-state index in [0.717, 1.165) is 11.4 Å². The number of anilines is 3. The molecule has 0 aliphatic carbocycles. The Hall–Kier alpha value is -3.42. The van der Waals surface area contributed by atoms with Gasteiger partial charge in [-0.25, -0.2) is 4.98 Å². The van der Waals surface area contributed by atoms with Crippen LogP contribution >= 0.6 is 0 Å². The van der Waals surface area contributed by atoms with Crippen LogP contribution in [0.2, 0.25) is 0 Å². The Morgan fingerprint density at radius 3 is 2.56 bits per heavy atom. The lowest BCUT2D eigenvalue weighted by molar-refractivity contribution is 0.0953. The van der Waals surface area contributed by atoms with Gasteiger partial charge in [-0.1, -0.05) is 22.9 Å². The monoisotopic (exact) mass is 366 g/mol. The van der Waals surface area contributed by atoms with Gasteiger partial charge in [0, 0.05) is 30.5 Å². The minimum absolute atomic E-state index is 0.220. The van der Waals surface area contributed by atoms with Crippen LogP contribution in [0.3, 0.4) is 0 Å². The van der Waals surface area contributed by atoms with Crippen molar-refractivity contribution in [1.82, 2.24) is 20.4 Å². The number of hydrogen-bond acceptors (Lipinski definition) is 7. The average Bonchev–Trinajstić information content (AvgIpc) is 3.06. The fraction of sp³-hybridized carbons (Fsp3) is 0.263. The molecule has 3 rings (SSSR count). The number of nitrogens with zero attached hydrogens (tertiary/aromatic N) is 3. The zero-order valence-electron chi connectivity index (χ0n) is 15.5. The third-order valence-corrected chi connectivity index (χ3v) is 3.87. The maximum Gasteiger partial charge on any atom is 0.256 e. The summed E-state index contributed by atoms with van der Waals surface area (Å²) in [5.41, 5.74) is 3.43. The zero-order valence-corrected chi connectivity index (χ0v) is 15.5. The van der Waals surface area contributed by atoms with Crippen molar-refractivity contribution in [3.63, 3.8) is 0 Å². The topological polar surface area (TPSA) is 105 Å². The largest absolute Gasteiger partial charge is 0.361 e. The van der Waals surface area contributed by atoms with Crippen LogP contribution < -0.4 is 16.0 Å².